The standard InChI is InChI=1S/C14H20N2O4/c1-2-15-13(18)11-3-5-12(6-4-11)14(19)16-7-9-20-10-8-17/h3-6,17H,2,7-10H2,1H3,(H,15,18)(H,16,19). The average molecular weight is 280 g/mol. The second-order valence-electron chi connectivity index (χ2n) is 4.03. The maximum absolute atomic E-state index is 11.8. The van der Waals surface area contributed by atoms with E-state index in [0.717, 1.165) is 0 Å². The fraction of sp³-hybridized carbons (Fsp3) is 0.429. The Morgan fingerprint density at radius 3 is 2.10 bits per heavy atom. The van der Waals surface area contributed by atoms with Crippen LogP contribution in [0.1, 0.15) is 27.6 Å². The third-order valence-electron chi connectivity index (χ3n) is 2.51. The highest BCUT2D eigenvalue weighted by Gasteiger charge is 2.07. The Balaban J connectivity index is 2.43. The van der Waals surface area contributed by atoms with Gasteiger partial charge in [-0.2, -0.15) is 0 Å². The predicted octanol–water partition coefficient (Wildman–Crippen LogP) is 0.175. The summed E-state index contributed by atoms with van der Waals surface area (Å²) in [6.07, 6.45) is 0. The van der Waals surface area contributed by atoms with E-state index in [4.69, 9.17) is 9.84 Å². The summed E-state index contributed by atoms with van der Waals surface area (Å²) in [6.45, 7) is 3.36. The van der Waals surface area contributed by atoms with Crippen LogP contribution in [0.5, 0.6) is 0 Å². The van der Waals surface area contributed by atoms with Crippen molar-refractivity contribution in [2.45, 2.75) is 6.92 Å². The topological polar surface area (TPSA) is 87.7 Å². The number of aliphatic hydroxyl groups is 1. The number of carbonyl (C=O) groups excluding carboxylic acids is 2. The second kappa shape index (κ2) is 9.06. The van der Waals surface area contributed by atoms with Gasteiger partial charge < -0.3 is 20.5 Å². The summed E-state index contributed by atoms with van der Waals surface area (Å²) in [5, 5.41) is 13.9. The average Bonchev–Trinajstić information content (AvgIpc) is 2.47. The van der Waals surface area contributed by atoms with E-state index in [0.29, 0.717) is 30.8 Å². The van der Waals surface area contributed by atoms with Crippen molar-refractivity contribution >= 4 is 11.8 Å². The number of aliphatic hydroxyl groups excluding tert-OH is 1. The van der Waals surface area contributed by atoms with Crippen LogP contribution in [-0.4, -0.2) is 49.8 Å². The molecule has 1 rings (SSSR count). The van der Waals surface area contributed by atoms with Gasteiger partial charge in [-0.3, -0.25) is 9.59 Å². The lowest BCUT2D eigenvalue weighted by molar-refractivity contribution is 0.0837. The van der Waals surface area contributed by atoms with E-state index in [-0.39, 0.29) is 25.0 Å². The van der Waals surface area contributed by atoms with Crippen LogP contribution in [0.2, 0.25) is 0 Å². The number of rotatable bonds is 8. The Morgan fingerprint density at radius 1 is 1.05 bits per heavy atom. The number of nitrogens with one attached hydrogen (secondary N) is 2. The summed E-state index contributed by atoms with van der Waals surface area (Å²) in [5.41, 5.74) is 1.01. The third kappa shape index (κ3) is 5.38. The predicted molar refractivity (Wildman–Crippen MR) is 74.7 cm³/mol. The highest BCUT2D eigenvalue weighted by molar-refractivity contribution is 5.97. The first-order valence-electron chi connectivity index (χ1n) is 6.54. The summed E-state index contributed by atoms with van der Waals surface area (Å²) in [6, 6.07) is 6.44. The van der Waals surface area contributed by atoms with E-state index in [1.807, 2.05) is 6.92 Å². The molecule has 110 valence electrons. The highest BCUT2D eigenvalue weighted by atomic mass is 16.5. The molecule has 0 radical (unpaired) electrons. The molecule has 6 nitrogen and oxygen atoms in total. The first-order chi connectivity index (χ1) is 9.69. The molecule has 0 unspecified atom stereocenters. The van der Waals surface area contributed by atoms with Gasteiger partial charge in [-0.15, -0.1) is 0 Å². The Bertz CT molecular complexity index is 431. The van der Waals surface area contributed by atoms with Crippen LogP contribution in [0.4, 0.5) is 0 Å². The largest absolute Gasteiger partial charge is 0.394 e. The molecule has 0 spiro atoms. The molecule has 0 aromatic heterocycles. The van der Waals surface area contributed by atoms with Crippen molar-refractivity contribution < 1.29 is 19.4 Å². The maximum Gasteiger partial charge on any atom is 0.251 e. The van der Waals surface area contributed by atoms with E-state index in [1.165, 1.54) is 0 Å². The molecule has 6 heteroatoms. The van der Waals surface area contributed by atoms with Crippen molar-refractivity contribution in [2.75, 3.05) is 32.9 Å². The second-order valence-corrected chi connectivity index (χ2v) is 4.03. The van der Waals surface area contributed by atoms with Crippen LogP contribution in [0.15, 0.2) is 24.3 Å². The molecule has 0 heterocycles. The monoisotopic (exact) mass is 280 g/mol. The lowest BCUT2D eigenvalue weighted by Crippen LogP contribution is -2.27. The van der Waals surface area contributed by atoms with Gasteiger partial charge in [0, 0.05) is 24.2 Å². The fourth-order valence-corrected chi connectivity index (χ4v) is 1.54. The van der Waals surface area contributed by atoms with Crippen molar-refractivity contribution in [3.05, 3.63) is 35.4 Å². The first-order valence-corrected chi connectivity index (χ1v) is 6.54. The summed E-state index contributed by atoms with van der Waals surface area (Å²) in [4.78, 5) is 23.3. The molecular formula is C14H20N2O4. The Kier molecular flexibility index (Phi) is 7.31. The smallest absolute Gasteiger partial charge is 0.251 e. The molecule has 2 amide bonds. The minimum Gasteiger partial charge on any atom is -0.394 e. The molecule has 0 aliphatic carbocycles. The Hall–Kier alpha value is -1.92. The summed E-state index contributed by atoms with van der Waals surface area (Å²) < 4.78 is 5.03. The SMILES string of the molecule is CCNC(=O)c1ccc(C(=O)NCCOCCO)cc1. The third-order valence-corrected chi connectivity index (χ3v) is 2.51. The first kappa shape index (κ1) is 16.1. The van der Waals surface area contributed by atoms with Crippen LogP contribution in [0, 0.1) is 0 Å². The van der Waals surface area contributed by atoms with Gasteiger partial charge in [-0.1, -0.05) is 0 Å². The minimum atomic E-state index is -0.222. The van der Waals surface area contributed by atoms with Gasteiger partial charge in [0.1, 0.15) is 0 Å². The van der Waals surface area contributed by atoms with Gasteiger partial charge in [0.25, 0.3) is 11.8 Å². The molecule has 20 heavy (non-hydrogen) atoms. The van der Waals surface area contributed by atoms with Gasteiger partial charge in [-0.25, -0.2) is 0 Å². The van der Waals surface area contributed by atoms with Gasteiger partial charge in [0.2, 0.25) is 0 Å². The van der Waals surface area contributed by atoms with E-state index in [9.17, 15) is 9.59 Å². The summed E-state index contributed by atoms with van der Waals surface area (Å²) in [5.74, 6) is -0.378. The lowest BCUT2D eigenvalue weighted by Gasteiger charge is -2.06. The Morgan fingerprint density at radius 2 is 1.60 bits per heavy atom. The zero-order valence-electron chi connectivity index (χ0n) is 11.5. The van der Waals surface area contributed by atoms with Crippen molar-refractivity contribution in [1.29, 1.82) is 0 Å². The van der Waals surface area contributed by atoms with Crippen molar-refractivity contribution in [3.8, 4) is 0 Å². The summed E-state index contributed by atoms with van der Waals surface area (Å²) in [7, 11) is 0. The minimum absolute atomic E-state index is 0.0325. The molecule has 0 aliphatic heterocycles. The van der Waals surface area contributed by atoms with Crippen molar-refractivity contribution in [2.24, 2.45) is 0 Å². The normalized spacial score (nSPS) is 10.1. The molecular weight excluding hydrogens is 260 g/mol. The molecule has 0 aliphatic rings. The maximum atomic E-state index is 11.8. The summed E-state index contributed by atoms with van der Waals surface area (Å²) >= 11 is 0. The number of carbonyl (C=O) groups is 2. The van der Waals surface area contributed by atoms with Gasteiger partial charge in [0.15, 0.2) is 0 Å². The molecule has 1 aromatic rings. The molecule has 3 N–H and O–H groups in total. The van der Waals surface area contributed by atoms with Gasteiger partial charge in [0.05, 0.1) is 19.8 Å². The van der Waals surface area contributed by atoms with Crippen LogP contribution in [0.3, 0.4) is 0 Å². The van der Waals surface area contributed by atoms with Crippen LogP contribution < -0.4 is 10.6 Å². The molecule has 0 saturated heterocycles. The van der Waals surface area contributed by atoms with E-state index >= 15 is 0 Å². The zero-order chi connectivity index (χ0) is 14.8. The van der Waals surface area contributed by atoms with Crippen LogP contribution in [0.25, 0.3) is 0 Å². The van der Waals surface area contributed by atoms with Crippen LogP contribution >= 0.6 is 0 Å². The van der Waals surface area contributed by atoms with Crippen molar-refractivity contribution in [3.63, 3.8) is 0 Å². The van der Waals surface area contributed by atoms with Crippen LogP contribution in [-0.2, 0) is 4.74 Å². The van der Waals surface area contributed by atoms with Crippen molar-refractivity contribution in [1.82, 2.24) is 10.6 Å². The quantitative estimate of drug-likeness (QED) is 0.593. The van der Waals surface area contributed by atoms with E-state index < -0.39 is 0 Å². The number of hydrogen-bond donors (Lipinski definition) is 3. The van der Waals surface area contributed by atoms with E-state index in [1.54, 1.807) is 24.3 Å². The molecule has 0 saturated carbocycles. The molecule has 0 bridgehead atoms. The van der Waals surface area contributed by atoms with E-state index in [2.05, 4.69) is 10.6 Å². The van der Waals surface area contributed by atoms with Gasteiger partial charge >= 0.3 is 0 Å². The highest BCUT2D eigenvalue weighted by Crippen LogP contribution is 2.04. The lowest BCUT2D eigenvalue weighted by atomic mass is 10.1. The van der Waals surface area contributed by atoms with Gasteiger partial charge in [-0.05, 0) is 31.2 Å². The number of ether oxygens (including phenoxy) is 1. The molecule has 0 atom stereocenters. The molecule has 1 aromatic carbocycles. The molecule has 0 fully saturated rings. The number of benzene rings is 1. The zero-order valence-corrected chi connectivity index (χ0v) is 11.5. The number of amides is 2. The Labute approximate surface area is 118 Å². The fourth-order valence-electron chi connectivity index (χ4n) is 1.54. The number of hydrogen-bond acceptors (Lipinski definition) is 4.